The minimum atomic E-state index is -0.415. The van der Waals surface area contributed by atoms with Crippen LogP contribution in [0.2, 0.25) is 5.02 Å². The summed E-state index contributed by atoms with van der Waals surface area (Å²) >= 11 is 6.25. The first-order chi connectivity index (χ1) is 16.5. The van der Waals surface area contributed by atoms with Gasteiger partial charge in [-0.05, 0) is 35.7 Å². The predicted octanol–water partition coefficient (Wildman–Crippen LogP) is 4.69. The number of halogens is 1. The Morgan fingerprint density at radius 1 is 0.824 bits per heavy atom. The molecule has 0 saturated carbocycles. The second kappa shape index (κ2) is 9.71. The van der Waals surface area contributed by atoms with Gasteiger partial charge in [-0.1, -0.05) is 78.3 Å². The first kappa shape index (κ1) is 22.8. The van der Waals surface area contributed by atoms with Gasteiger partial charge in [0.15, 0.2) is 0 Å². The monoisotopic (exact) mass is 473 g/mol. The third-order valence-corrected chi connectivity index (χ3v) is 7.33. The van der Waals surface area contributed by atoms with Gasteiger partial charge in [0.2, 0.25) is 5.91 Å². The lowest BCUT2D eigenvalue weighted by molar-refractivity contribution is -0.123. The van der Waals surface area contributed by atoms with Gasteiger partial charge in [-0.25, -0.2) is 4.90 Å². The van der Waals surface area contributed by atoms with Crippen LogP contribution in [0.3, 0.4) is 0 Å². The number of imide groups is 1. The van der Waals surface area contributed by atoms with Crippen molar-refractivity contribution < 1.29 is 9.59 Å². The smallest absolute Gasteiger partial charge is 0.251 e. The molecule has 3 aromatic carbocycles. The molecule has 5 nitrogen and oxygen atoms in total. The maximum Gasteiger partial charge on any atom is 0.251 e. The number of rotatable bonds is 5. The number of anilines is 1. The quantitative estimate of drug-likeness (QED) is 0.504. The van der Waals surface area contributed by atoms with Gasteiger partial charge in [0.25, 0.3) is 5.91 Å². The fraction of sp³-hybridized carbons (Fsp3) is 0.286. The molecule has 1 atom stereocenters. The largest absolute Gasteiger partial charge is 0.290 e. The summed E-state index contributed by atoms with van der Waals surface area (Å²) in [6.45, 7) is 5.02. The Hall–Kier alpha value is -2.99. The molecular weight excluding hydrogens is 446 g/mol. The number of carbonyl (C=O) groups is 2. The summed E-state index contributed by atoms with van der Waals surface area (Å²) < 4.78 is 0. The first-order valence-corrected chi connectivity index (χ1v) is 12.1. The zero-order valence-corrected chi connectivity index (χ0v) is 20.0. The molecule has 6 heteroatoms. The molecule has 2 heterocycles. The molecule has 34 heavy (non-hydrogen) atoms. The van der Waals surface area contributed by atoms with E-state index >= 15 is 0 Å². The van der Waals surface area contributed by atoms with Crippen LogP contribution in [0.5, 0.6) is 0 Å². The van der Waals surface area contributed by atoms with Crippen molar-refractivity contribution in [2.45, 2.75) is 25.4 Å². The van der Waals surface area contributed by atoms with Crippen molar-refractivity contribution in [2.75, 3.05) is 31.1 Å². The van der Waals surface area contributed by atoms with Crippen LogP contribution in [0.4, 0.5) is 5.69 Å². The average molecular weight is 474 g/mol. The number of nitrogens with zero attached hydrogens (tertiary/aromatic N) is 3. The minimum Gasteiger partial charge on any atom is -0.290 e. The lowest BCUT2D eigenvalue weighted by Gasteiger charge is -2.41. The molecule has 0 aliphatic carbocycles. The highest BCUT2D eigenvalue weighted by Gasteiger charge is 2.43. The summed E-state index contributed by atoms with van der Waals surface area (Å²) in [4.78, 5) is 32.0. The molecule has 2 saturated heterocycles. The molecule has 2 amide bonds. The highest BCUT2D eigenvalue weighted by atomic mass is 35.5. The Morgan fingerprint density at radius 3 is 1.97 bits per heavy atom. The highest BCUT2D eigenvalue weighted by Crippen LogP contribution is 2.32. The zero-order chi connectivity index (χ0) is 23.7. The van der Waals surface area contributed by atoms with Gasteiger partial charge in [-0.2, -0.15) is 0 Å². The minimum absolute atomic E-state index is 0.152. The van der Waals surface area contributed by atoms with Crippen LogP contribution < -0.4 is 4.90 Å². The molecule has 2 aliphatic rings. The second-order valence-corrected chi connectivity index (χ2v) is 9.42. The van der Waals surface area contributed by atoms with Gasteiger partial charge >= 0.3 is 0 Å². The molecule has 0 radical (unpaired) electrons. The Morgan fingerprint density at radius 2 is 1.41 bits per heavy atom. The molecule has 3 aromatic rings. The van der Waals surface area contributed by atoms with E-state index in [1.807, 2.05) is 25.1 Å². The van der Waals surface area contributed by atoms with Crippen LogP contribution in [-0.2, 0) is 9.59 Å². The molecule has 2 aliphatic heterocycles. The molecule has 0 aromatic heterocycles. The van der Waals surface area contributed by atoms with E-state index in [0.29, 0.717) is 10.7 Å². The molecule has 174 valence electrons. The van der Waals surface area contributed by atoms with Crippen molar-refractivity contribution in [3.05, 3.63) is 101 Å². The summed E-state index contributed by atoms with van der Waals surface area (Å²) in [5.74, 6) is -0.315. The Labute approximate surface area is 205 Å². The molecular formula is C28H28ClN3O2. The molecule has 0 spiro atoms. The lowest BCUT2D eigenvalue weighted by Crippen LogP contribution is -2.53. The highest BCUT2D eigenvalue weighted by molar-refractivity contribution is 6.32. The summed E-state index contributed by atoms with van der Waals surface area (Å²) in [6.07, 6.45) is 0.213. The van der Waals surface area contributed by atoms with Crippen molar-refractivity contribution in [1.82, 2.24) is 9.80 Å². The number of amides is 2. The molecule has 2 fully saturated rings. The summed E-state index contributed by atoms with van der Waals surface area (Å²) in [6, 6.07) is 26.2. The maximum absolute atomic E-state index is 13.3. The van der Waals surface area contributed by atoms with Crippen LogP contribution in [0, 0.1) is 6.92 Å². The van der Waals surface area contributed by atoms with Crippen molar-refractivity contribution in [3.63, 3.8) is 0 Å². The number of aryl methyl sites for hydroxylation is 1. The normalized spacial score (nSPS) is 19.9. The van der Waals surface area contributed by atoms with Crippen LogP contribution in [0.25, 0.3) is 0 Å². The van der Waals surface area contributed by atoms with E-state index < -0.39 is 6.04 Å². The lowest BCUT2D eigenvalue weighted by atomic mass is 9.96. The first-order valence-electron chi connectivity index (χ1n) is 11.7. The fourth-order valence-corrected chi connectivity index (χ4v) is 5.26. The van der Waals surface area contributed by atoms with Gasteiger partial charge < -0.3 is 0 Å². The van der Waals surface area contributed by atoms with Gasteiger partial charge in [0.1, 0.15) is 0 Å². The van der Waals surface area contributed by atoms with E-state index in [1.165, 1.54) is 16.0 Å². The summed E-state index contributed by atoms with van der Waals surface area (Å²) in [5.41, 5.74) is 4.00. The third-order valence-electron chi connectivity index (χ3n) is 6.92. The standard InChI is InChI=1S/C28H28ClN3O2/c1-20-12-13-23(18-24(20)29)32-26(33)19-25(28(32)34)30-14-16-31(17-15-30)27(21-8-4-2-5-9-21)22-10-6-3-7-11-22/h2-13,18,25,27H,14-17,19H2,1H3. The van der Waals surface area contributed by atoms with E-state index in [-0.39, 0.29) is 24.3 Å². The van der Waals surface area contributed by atoms with E-state index in [9.17, 15) is 9.59 Å². The predicted molar refractivity (Wildman–Crippen MR) is 135 cm³/mol. The van der Waals surface area contributed by atoms with Crippen molar-refractivity contribution in [2.24, 2.45) is 0 Å². The number of benzene rings is 3. The molecule has 0 bridgehead atoms. The Kier molecular flexibility index (Phi) is 6.50. The van der Waals surface area contributed by atoms with Gasteiger partial charge in [0.05, 0.1) is 24.2 Å². The van der Waals surface area contributed by atoms with Crippen LogP contribution in [0.15, 0.2) is 78.9 Å². The van der Waals surface area contributed by atoms with E-state index in [0.717, 1.165) is 31.7 Å². The van der Waals surface area contributed by atoms with Gasteiger partial charge in [-0.3, -0.25) is 19.4 Å². The van der Waals surface area contributed by atoms with E-state index in [1.54, 1.807) is 12.1 Å². The topological polar surface area (TPSA) is 43.9 Å². The number of piperazine rings is 1. The number of hydrogen-bond donors (Lipinski definition) is 0. The Balaban J connectivity index is 1.31. The fourth-order valence-electron chi connectivity index (χ4n) is 5.09. The van der Waals surface area contributed by atoms with Gasteiger partial charge in [-0.15, -0.1) is 0 Å². The second-order valence-electron chi connectivity index (χ2n) is 9.02. The molecule has 0 N–H and O–H groups in total. The van der Waals surface area contributed by atoms with Crippen LogP contribution in [-0.4, -0.2) is 53.8 Å². The van der Waals surface area contributed by atoms with Crippen molar-refractivity contribution in [3.8, 4) is 0 Å². The van der Waals surface area contributed by atoms with E-state index in [4.69, 9.17) is 11.6 Å². The Bertz CT molecular complexity index is 1140. The third kappa shape index (κ3) is 4.39. The van der Waals surface area contributed by atoms with Crippen molar-refractivity contribution in [1.29, 1.82) is 0 Å². The van der Waals surface area contributed by atoms with Gasteiger partial charge in [0, 0.05) is 31.2 Å². The van der Waals surface area contributed by atoms with Crippen LogP contribution in [0.1, 0.15) is 29.2 Å². The SMILES string of the molecule is Cc1ccc(N2C(=O)CC(N3CCN(C(c4ccccc4)c4ccccc4)CC3)C2=O)cc1Cl. The number of carbonyl (C=O) groups excluding carboxylic acids is 2. The average Bonchev–Trinajstić information content (AvgIpc) is 3.16. The zero-order valence-electron chi connectivity index (χ0n) is 19.2. The van der Waals surface area contributed by atoms with Crippen LogP contribution >= 0.6 is 11.6 Å². The summed E-state index contributed by atoms with van der Waals surface area (Å²) in [7, 11) is 0. The molecule has 5 rings (SSSR count). The van der Waals surface area contributed by atoms with Crippen molar-refractivity contribution >= 4 is 29.1 Å². The van der Waals surface area contributed by atoms with E-state index in [2.05, 4.69) is 58.3 Å². The summed E-state index contributed by atoms with van der Waals surface area (Å²) in [5, 5.41) is 0.558. The number of hydrogen-bond acceptors (Lipinski definition) is 4. The maximum atomic E-state index is 13.3. The molecule has 1 unspecified atom stereocenters.